The Balaban J connectivity index is 3.10. The average molecular weight is 207 g/mol. The van der Waals surface area contributed by atoms with E-state index in [1.165, 1.54) is 13.8 Å². The molecule has 2 N–H and O–H groups in total. The van der Waals surface area contributed by atoms with E-state index >= 15 is 0 Å². The maximum atomic E-state index is 10.2. The third kappa shape index (κ3) is 7.82. The number of carbonyl (C=O) groups excluding carboxylic acids is 2. The summed E-state index contributed by atoms with van der Waals surface area (Å²) >= 11 is -1.13. The first-order valence-electron chi connectivity index (χ1n) is 2.41. The van der Waals surface area contributed by atoms with Gasteiger partial charge in [0.2, 0.25) is 0 Å². The molecule has 0 spiro atoms. The van der Waals surface area contributed by atoms with Crippen LogP contribution in [0.1, 0.15) is 13.8 Å². The molecule has 0 bridgehead atoms. The van der Waals surface area contributed by atoms with Gasteiger partial charge in [-0.25, -0.2) is 0 Å². The summed E-state index contributed by atoms with van der Waals surface area (Å²) in [4.78, 5) is 20.4. The molecule has 5 heteroatoms. The van der Waals surface area contributed by atoms with E-state index in [0.29, 0.717) is 0 Å². The molecular formula is C4H8N2O2Zr. The van der Waals surface area contributed by atoms with Gasteiger partial charge in [-0.1, -0.05) is 0 Å². The molecule has 0 radical (unpaired) electrons. The van der Waals surface area contributed by atoms with E-state index in [4.69, 9.17) is 0 Å². The van der Waals surface area contributed by atoms with Crippen molar-refractivity contribution in [3.63, 3.8) is 0 Å². The van der Waals surface area contributed by atoms with Crippen molar-refractivity contribution in [3.8, 4) is 0 Å². The SMILES string of the molecule is CC(=O)[NH][Zr][NH]C(C)=O. The molecule has 0 aromatic rings. The van der Waals surface area contributed by atoms with E-state index < -0.39 is 23.8 Å². The second-order valence-corrected chi connectivity index (χ2v) is 3.33. The van der Waals surface area contributed by atoms with Gasteiger partial charge in [0.25, 0.3) is 0 Å². The van der Waals surface area contributed by atoms with Gasteiger partial charge in [0, 0.05) is 0 Å². The molecule has 0 aromatic heterocycles. The van der Waals surface area contributed by atoms with Gasteiger partial charge in [0.1, 0.15) is 0 Å². The fourth-order valence-corrected chi connectivity index (χ4v) is 1.23. The fourth-order valence-electron chi connectivity index (χ4n) is 0.207. The van der Waals surface area contributed by atoms with Crippen LogP contribution < -0.4 is 6.52 Å². The first kappa shape index (κ1) is 8.82. The minimum absolute atomic E-state index is 0.0737. The molecule has 0 saturated heterocycles. The molecule has 0 aliphatic heterocycles. The second kappa shape index (κ2) is 4.68. The third-order valence-electron chi connectivity index (χ3n) is 0.477. The zero-order chi connectivity index (χ0) is 7.28. The molecule has 0 aromatic carbocycles. The summed E-state index contributed by atoms with van der Waals surface area (Å²) in [6.07, 6.45) is 0. The molecular weight excluding hydrogens is 199 g/mol. The van der Waals surface area contributed by atoms with Crippen LogP contribution >= 0.6 is 0 Å². The Hall–Kier alpha value is -0.177. The molecule has 0 aliphatic carbocycles. The predicted octanol–water partition coefficient (Wildman–Crippen LogP) is -0.829. The van der Waals surface area contributed by atoms with Crippen LogP contribution in [-0.2, 0) is 33.4 Å². The standard InChI is InChI=1S/2C2H5NO.Zr/c2*1-2(3)4;/h2*1H3,(H2,3,4);/q;;+2/p-2. The Morgan fingerprint density at radius 2 is 1.44 bits per heavy atom. The molecule has 0 saturated carbocycles. The van der Waals surface area contributed by atoms with Gasteiger partial charge in [-0.2, -0.15) is 0 Å². The Kier molecular flexibility index (Phi) is 4.59. The van der Waals surface area contributed by atoms with Gasteiger partial charge in [0.05, 0.1) is 0 Å². The quantitative estimate of drug-likeness (QED) is 0.621. The summed E-state index contributed by atoms with van der Waals surface area (Å²) in [6, 6.07) is 0. The number of rotatable bonds is 2. The van der Waals surface area contributed by atoms with E-state index in [0.717, 1.165) is 0 Å². The van der Waals surface area contributed by atoms with E-state index in [1.807, 2.05) is 0 Å². The summed E-state index contributed by atoms with van der Waals surface area (Å²) in [7, 11) is 0. The van der Waals surface area contributed by atoms with E-state index in [2.05, 4.69) is 6.52 Å². The van der Waals surface area contributed by atoms with Crippen LogP contribution in [-0.4, -0.2) is 11.8 Å². The van der Waals surface area contributed by atoms with Gasteiger partial charge in [-0.15, -0.1) is 0 Å². The number of hydrogen-bond acceptors (Lipinski definition) is 2. The van der Waals surface area contributed by atoms with Gasteiger partial charge in [-0.05, 0) is 0 Å². The van der Waals surface area contributed by atoms with Crippen LogP contribution in [0, 0.1) is 0 Å². The zero-order valence-corrected chi connectivity index (χ0v) is 7.77. The number of amides is 2. The molecule has 0 fully saturated rings. The Morgan fingerprint density at radius 1 is 1.11 bits per heavy atom. The molecule has 4 nitrogen and oxygen atoms in total. The normalized spacial score (nSPS) is 7.78. The molecule has 0 unspecified atom stereocenters. The molecule has 50 valence electrons. The zero-order valence-electron chi connectivity index (χ0n) is 5.32. The van der Waals surface area contributed by atoms with Crippen LogP contribution in [0.2, 0.25) is 0 Å². The van der Waals surface area contributed by atoms with Crippen molar-refractivity contribution in [2.24, 2.45) is 0 Å². The van der Waals surface area contributed by atoms with Crippen LogP contribution in [0.5, 0.6) is 0 Å². The topological polar surface area (TPSA) is 58.2 Å². The number of nitrogens with one attached hydrogen (secondary N) is 2. The van der Waals surface area contributed by atoms with Gasteiger partial charge < -0.3 is 0 Å². The molecule has 9 heavy (non-hydrogen) atoms. The minimum atomic E-state index is -1.13. The predicted molar refractivity (Wildman–Crippen MR) is 27.6 cm³/mol. The number of hydrogen-bond donors (Lipinski definition) is 2. The average Bonchev–Trinajstić information content (AvgIpc) is 1.63. The number of carbonyl (C=O) groups is 2. The third-order valence-corrected chi connectivity index (χ3v) is 2.82. The van der Waals surface area contributed by atoms with Crippen molar-refractivity contribution in [2.75, 3.05) is 0 Å². The van der Waals surface area contributed by atoms with Gasteiger partial charge >= 0.3 is 65.6 Å². The van der Waals surface area contributed by atoms with Crippen LogP contribution in [0.25, 0.3) is 0 Å². The molecule has 0 aliphatic rings. The monoisotopic (exact) mass is 206 g/mol. The summed E-state index contributed by atoms with van der Waals surface area (Å²) in [5, 5.41) is 0. The summed E-state index contributed by atoms with van der Waals surface area (Å²) in [5.41, 5.74) is 0. The van der Waals surface area contributed by atoms with E-state index in [-0.39, 0.29) is 11.8 Å². The van der Waals surface area contributed by atoms with Crippen molar-refractivity contribution < 1.29 is 33.4 Å². The summed E-state index contributed by atoms with van der Waals surface area (Å²) in [5.74, 6) is -0.147. The fraction of sp³-hybridized carbons (Fsp3) is 0.500. The molecule has 0 rings (SSSR count). The summed E-state index contributed by atoms with van der Waals surface area (Å²) in [6.45, 7) is 2.87. The van der Waals surface area contributed by atoms with Gasteiger partial charge in [-0.3, -0.25) is 0 Å². The Bertz CT molecular complexity index is 112. The van der Waals surface area contributed by atoms with E-state index in [9.17, 15) is 9.59 Å². The summed E-state index contributed by atoms with van der Waals surface area (Å²) < 4.78 is 5.15. The maximum absolute atomic E-state index is 10.2. The van der Waals surface area contributed by atoms with Crippen molar-refractivity contribution in [1.82, 2.24) is 6.52 Å². The Morgan fingerprint density at radius 3 is 1.67 bits per heavy atom. The van der Waals surface area contributed by atoms with E-state index in [1.54, 1.807) is 0 Å². The van der Waals surface area contributed by atoms with Crippen molar-refractivity contribution in [2.45, 2.75) is 13.8 Å². The van der Waals surface area contributed by atoms with Crippen molar-refractivity contribution in [3.05, 3.63) is 0 Å². The van der Waals surface area contributed by atoms with Crippen LogP contribution in [0.3, 0.4) is 0 Å². The van der Waals surface area contributed by atoms with Crippen LogP contribution in [0.15, 0.2) is 0 Å². The first-order valence-corrected chi connectivity index (χ1v) is 4.87. The second-order valence-electron chi connectivity index (χ2n) is 1.49. The molecule has 0 heterocycles. The molecule has 2 amide bonds. The van der Waals surface area contributed by atoms with Crippen molar-refractivity contribution in [1.29, 1.82) is 0 Å². The first-order chi connectivity index (χ1) is 4.13. The van der Waals surface area contributed by atoms with Gasteiger partial charge in [0.15, 0.2) is 0 Å². The Labute approximate surface area is 65.8 Å². The molecule has 0 atom stereocenters. The van der Waals surface area contributed by atoms with Crippen molar-refractivity contribution >= 4 is 11.8 Å². The van der Waals surface area contributed by atoms with Crippen LogP contribution in [0.4, 0.5) is 0 Å².